The standard InChI is InChI=1S/C23H39N7O3S/c1-18-14-24-22(27-21(18)19-15-25-29(16-19)17-23(2,3)31)26-20-8-11-30(12-9-20)34(32,33)13-7-6-10-28(4)5/h14-16,20,31H,6-13,17H2,1-5H3,(H,24,26,27). The predicted molar refractivity (Wildman–Crippen MR) is 134 cm³/mol. The number of aliphatic hydroxyl groups is 1. The fourth-order valence-electron chi connectivity index (χ4n) is 4.08. The summed E-state index contributed by atoms with van der Waals surface area (Å²) in [5.41, 5.74) is 1.73. The SMILES string of the molecule is Cc1cnc(NC2CCN(S(=O)(=O)CCCCN(C)C)CC2)nc1-c1cnn(CC(C)(C)O)c1. The molecule has 190 valence electrons. The normalized spacial score (nSPS) is 16.3. The van der Waals surface area contributed by atoms with Crippen molar-refractivity contribution in [3.8, 4) is 11.3 Å². The van der Waals surface area contributed by atoms with Gasteiger partial charge in [-0.1, -0.05) is 0 Å². The number of sulfonamides is 1. The zero-order valence-corrected chi connectivity index (χ0v) is 21.8. The van der Waals surface area contributed by atoms with Gasteiger partial charge in [0.2, 0.25) is 16.0 Å². The summed E-state index contributed by atoms with van der Waals surface area (Å²) >= 11 is 0. The molecule has 3 heterocycles. The maximum atomic E-state index is 12.7. The van der Waals surface area contributed by atoms with Gasteiger partial charge in [0, 0.05) is 37.1 Å². The van der Waals surface area contributed by atoms with Crippen LogP contribution in [0.3, 0.4) is 0 Å². The molecule has 10 nitrogen and oxygen atoms in total. The zero-order chi connectivity index (χ0) is 24.9. The van der Waals surface area contributed by atoms with Crippen LogP contribution in [0, 0.1) is 6.92 Å². The fraction of sp³-hybridized carbons (Fsp3) is 0.696. The van der Waals surface area contributed by atoms with Crippen LogP contribution in [0.5, 0.6) is 0 Å². The molecule has 0 aromatic carbocycles. The van der Waals surface area contributed by atoms with Crippen LogP contribution in [0.25, 0.3) is 11.3 Å². The van der Waals surface area contributed by atoms with E-state index >= 15 is 0 Å². The third-order valence-corrected chi connectivity index (χ3v) is 7.82. The molecule has 2 aromatic heterocycles. The number of piperidine rings is 1. The lowest BCUT2D eigenvalue weighted by atomic mass is 10.1. The summed E-state index contributed by atoms with van der Waals surface area (Å²) in [6.45, 7) is 7.75. The first-order valence-corrected chi connectivity index (χ1v) is 13.5. The first-order chi connectivity index (χ1) is 15.9. The maximum Gasteiger partial charge on any atom is 0.223 e. The van der Waals surface area contributed by atoms with Gasteiger partial charge in [0.1, 0.15) is 0 Å². The first-order valence-electron chi connectivity index (χ1n) is 11.9. The molecule has 0 spiro atoms. The largest absolute Gasteiger partial charge is 0.389 e. The van der Waals surface area contributed by atoms with E-state index in [9.17, 15) is 13.5 Å². The van der Waals surface area contributed by atoms with E-state index in [1.54, 1.807) is 35.2 Å². The number of hydrogen-bond acceptors (Lipinski definition) is 8. The molecule has 2 aromatic rings. The average molecular weight is 494 g/mol. The Balaban J connectivity index is 1.56. The minimum Gasteiger partial charge on any atom is -0.389 e. The van der Waals surface area contributed by atoms with Crippen molar-refractivity contribution < 1.29 is 13.5 Å². The number of unbranched alkanes of at least 4 members (excludes halogenated alkanes) is 1. The Morgan fingerprint density at radius 1 is 1.21 bits per heavy atom. The van der Waals surface area contributed by atoms with Crippen LogP contribution in [0.1, 0.15) is 45.1 Å². The highest BCUT2D eigenvalue weighted by molar-refractivity contribution is 7.89. The van der Waals surface area contributed by atoms with E-state index in [0.29, 0.717) is 44.8 Å². The summed E-state index contributed by atoms with van der Waals surface area (Å²) in [4.78, 5) is 11.2. The second-order valence-electron chi connectivity index (χ2n) is 10.1. The minimum atomic E-state index is -3.21. The number of nitrogens with one attached hydrogen (secondary N) is 1. The first kappa shape index (κ1) is 26.5. The summed E-state index contributed by atoms with van der Waals surface area (Å²) in [6.07, 6.45) is 8.40. The van der Waals surface area contributed by atoms with Crippen molar-refractivity contribution in [3.63, 3.8) is 0 Å². The third kappa shape index (κ3) is 7.72. The lowest BCUT2D eigenvalue weighted by molar-refractivity contribution is 0.0577. The van der Waals surface area contributed by atoms with Crippen molar-refractivity contribution in [1.82, 2.24) is 29.0 Å². The molecule has 0 unspecified atom stereocenters. The molecule has 1 fully saturated rings. The second-order valence-corrected chi connectivity index (χ2v) is 12.2. The van der Waals surface area contributed by atoms with E-state index in [2.05, 4.69) is 20.3 Å². The van der Waals surface area contributed by atoms with Gasteiger partial charge < -0.3 is 15.3 Å². The Morgan fingerprint density at radius 2 is 1.91 bits per heavy atom. The zero-order valence-electron chi connectivity index (χ0n) is 21.0. The predicted octanol–water partition coefficient (Wildman–Crippen LogP) is 1.97. The van der Waals surface area contributed by atoms with Gasteiger partial charge in [0.15, 0.2) is 0 Å². The number of hydrogen-bond donors (Lipinski definition) is 2. The van der Waals surface area contributed by atoms with Crippen LogP contribution in [0.4, 0.5) is 5.95 Å². The second kappa shape index (κ2) is 11.1. The Bertz CT molecular complexity index is 1040. The monoisotopic (exact) mass is 493 g/mol. The summed E-state index contributed by atoms with van der Waals surface area (Å²) in [5.74, 6) is 0.741. The molecule has 2 N–H and O–H groups in total. The molecule has 0 bridgehead atoms. The van der Waals surface area contributed by atoms with Crippen LogP contribution in [0.15, 0.2) is 18.6 Å². The molecule has 0 aliphatic carbocycles. The molecule has 1 aliphatic rings. The topological polar surface area (TPSA) is 116 Å². The molecule has 0 atom stereocenters. The van der Waals surface area contributed by atoms with E-state index in [1.807, 2.05) is 27.2 Å². The van der Waals surface area contributed by atoms with E-state index in [0.717, 1.165) is 29.8 Å². The Labute approximate surface area is 203 Å². The number of aromatic nitrogens is 4. The smallest absolute Gasteiger partial charge is 0.223 e. The van der Waals surface area contributed by atoms with Crippen LogP contribution in [-0.4, -0.2) is 93.6 Å². The van der Waals surface area contributed by atoms with E-state index < -0.39 is 15.6 Å². The molecule has 1 aliphatic heterocycles. The summed E-state index contributed by atoms with van der Waals surface area (Å²) in [7, 11) is 0.788. The molecular formula is C23H39N7O3S. The summed E-state index contributed by atoms with van der Waals surface area (Å²) in [6, 6.07) is 0.119. The summed E-state index contributed by atoms with van der Waals surface area (Å²) < 4.78 is 28.7. The highest BCUT2D eigenvalue weighted by Crippen LogP contribution is 2.23. The Kier molecular flexibility index (Phi) is 8.66. The van der Waals surface area contributed by atoms with Crippen LogP contribution in [0.2, 0.25) is 0 Å². The Hall–Kier alpha value is -2.08. The van der Waals surface area contributed by atoms with E-state index in [1.165, 1.54) is 0 Å². The van der Waals surface area contributed by atoms with Crippen molar-refractivity contribution in [2.24, 2.45) is 0 Å². The van der Waals surface area contributed by atoms with Gasteiger partial charge >= 0.3 is 0 Å². The molecular weight excluding hydrogens is 454 g/mol. The molecule has 11 heteroatoms. The average Bonchev–Trinajstić information content (AvgIpc) is 3.19. The molecule has 0 radical (unpaired) electrons. The van der Waals surface area contributed by atoms with Gasteiger partial charge in [0.25, 0.3) is 0 Å². The van der Waals surface area contributed by atoms with Gasteiger partial charge in [-0.25, -0.2) is 22.7 Å². The van der Waals surface area contributed by atoms with Gasteiger partial charge in [0.05, 0.1) is 29.8 Å². The van der Waals surface area contributed by atoms with Crippen molar-refractivity contribution >= 4 is 16.0 Å². The van der Waals surface area contributed by atoms with Gasteiger partial charge in [-0.05, 0) is 72.7 Å². The Morgan fingerprint density at radius 3 is 2.56 bits per heavy atom. The third-order valence-electron chi connectivity index (χ3n) is 5.87. The number of anilines is 1. The van der Waals surface area contributed by atoms with E-state index in [4.69, 9.17) is 4.98 Å². The van der Waals surface area contributed by atoms with Crippen molar-refractivity contribution in [3.05, 3.63) is 24.2 Å². The molecule has 34 heavy (non-hydrogen) atoms. The number of aryl methyl sites for hydroxylation is 1. The molecule has 3 rings (SSSR count). The maximum absolute atomic E-state index is 12.7. The van der Waals surface area contributed by atoms with Gasteiger partial charge in [-0.2, -0.15) is 5.10 Å². The highest BCUT2D eigenvalue weighted by atomic mass is 32.2. The van der Waals surface area contributed by atoms with Crippen molar-refractivity contribution in [2.75, 3.05) is 44.8 Å². The highest BCUT2D eigenvalue weighted by Gasteiger charge is 2.28. The van der Waals surface area contributed by atoms with Crippen molar-refractivity contribution in [1.29, 1.82) is 0 Å². The lowest BCUT2D eigenvalue weighted by Gasteiger charge is -2.31. The van der Waals surface area contributed by atoms with E-state index in [-0.39, 0.29) is 11.8 Å². The van der Waals surface area contributed by atoms with Gasteiger partial charge in [-0.15, -0.1) is 0 Å². The quantitative estimate of drug-likeness (QED) is 0.457. The molecule has 0 amide bonds. The minimum absolute atomic E-state index is 0.119. The van der Waals surface area contributed by atoms with Crippen LogP contribution < -0.4 is 5.32 Å². The molecule has 1 saturated heterocycles. The van der Waals surface area contributed by atoms with Crippen LogP contribution >= 0.6 is 0 Å². The summed E-state index contributed by atoms with van der Waals surface area (Å²) in [5, 5.41) is 17.8. The van der Waals surface area contributed by atoms with Crippen LogP contribution in [-0.2, 0) is 16.6 Å². The van der Waals surface area contributed by atoms with Crippen molar-refractivity contribution in [2.45, 2.75) is 64.6 Å². The number of nitrogens with zero attached hydrogens (tertiary/aromatic N) is 6. The lowest BCUT2D eigenvalue weighted by Crippen LogP contribution is -2.43. The number of rotatable bonds is 11. The molecule has 0 saturated carbocycles. The van der Waals surface area contributed by atoms with Gasteiger partial charge in [-0.3, -0.25) is 4.68 Å². The fourth-order valence-corrected chi connectivity index (χ4v) is 5.67.